The van der Waals surface area contributed by atoms with Crippen LogP contribution in [0.5, 0.6) is 11.5 Å². The highest BCUT2D eigenvalue weighted by Gasteiger charge is 2.15. The Morgan fingerprint density at radius 1 is 1.09 bits per heavy atom. The number of rotatable bonds is 7. The van der Waals surface area contributed by atoms with Gasteiger partial charge >= 0.3 is 5.97 Å². The van der Waals surface area contributed by atoms with E-state index in [1.165, 1.54) is 7.11 Å². The second-order valence-electron chi connectivity index (χ2n) is 5.07. The highest BCUT2D eigenvalue weighted by atomic mass is 16.5. The van der Waals surface area contributed by atoms with Crippen molar-refractivity contribution in [1.82, 2.24) is 0 Å². The Morgan fingerprint density at radius 3 is 2.48 bits per heavy atom. The lowest BCUT2D eigenvalue weighted by Crippen LogP contribution is -2.16. The predicted molar refractivity (Wildman–Crippen MR) is 87.3 cm³/mol. The Kier molecular flexibility index (Phi) is 6.00. The fourth-order valence-electron chi connectivity index (χ4n) is 2.15. The van der Waals surface area contributed by atoms with Crippen LogP contribution in [0.25, 0.3) is 0 Å². The molecule has 2 aromatic carbocycles. The summed E-state index contributed by atoms with van der Waals surface area (Å²) in [5.74, 6) is 0.866. The Bertz CT molecular complexity index is 643. The van der Waals surface area contributed by atoms with Crippen LogP contribution < -0.4 is 15.2 Å². The minimum Gasteiger partial charge on any atom is -0.493 e. The number of ether oxygens (including phenoxy) is 3. The standard InChI is InChI=1S/C18H21NO4/c1-21-17-10-14(15(19)11-18(20)22-2)8-9-16(17)23-12-13-6-4-3-5-7-13/h3-10,15H,11-12,19H2,1-2H3. The Morgan fingerprint density at radius 2 is 1.83 bits per heavy atom. The van der Waals surface area contributed by atoms with Gasteiger partial charge in [0, 0.05) is 6.04 Å². The highest BCUT2D eigenvalue weighted by molar-refractivity contribution is 5.70. The third kappa shape index (κ3) is 4.72. The minimum absolute atomic E-state index is 0.115. The summed E-state index contributed by atoms with van der Waals surface area (Å²) in [5.41, 5.74) is 7.87. The van der Waals surface area contributed by atoms with Crippen molar-refractivity contribution in [2.75, 3.05) is 14.2 Å². The first-order valence-electron chi connectivity index (χ1n) is 7.31. The molecule has 23 heavy (non-hydrogen) atoms. The van der Waals surface area contributed by atoms with Gasteiger partial charge in [-0.2, -0.15) is 0 Å². The van der Waals surface area contributed by atoms with E-state index in [2.05, 4.69) is 4.74 Å². The van der Waals surface area contributed by atoms with Crippen molar-refractivity contribution in [3.05, 3.63) is 59.7 Å². The molecule has 0 heterocycles. The van der Waals surface area contributed by atoms with E-state index < -0.39 is 6.04 Å². The van der Waals surface area contributed by atoms with E-state index in [1.807, 2.05) is 36.4 Å². The van der Waals surface area contributed by atoms with Crippen LogP contribution in [-0.2, 0) is 16.1 Å². The van der Waals surface area contributed by atoms with Gasteiger partial charge in [0.2, 0.25) is 0 Å². The molecule has 2 N–H and O–H groups in total. The van der Waals surface area contributed by atoms with Crippen molar-refractivity contribution in [3.8, 4) is 11.5 Å². The van der Waals surface area contributed by atoms with Gasteiger partial charge in [0.05, 0.1) is 20.6 Å². The molecule has 122 valence electrons. The number of esters is 1. The minimum atomic E-state index is -0.445. The molecule has 1 unspecified atom stereocenters. The van der Waals surface area contributed by atoms with Crippen molar-refractivity contribution in [3.63, 3.8) is 0 Å². The molecule has 0 amide bonds. The normalized spacial score (nSPS) is 11.6. The molecule has 0 aliphatic rings. The summed E-state index contributed by atoms with van der Waals surface area (Å²) < 4.78 is 15.8. The van der Waals surface area contributed by atoms with Gasteiger partial charge in [0.15, 0.2) is 11.5 Å². The van der Waals surface area contributed by atoms with Crippen LogP contribution in [0.4, 0.5) is 0 Å². The maximum absolute atomic E-state index is 11.3. The molecule has 0 radical (unpaired) electrons. The van der Waals surface area contributed by atoms with Crippen LogP contribution in [-0.4, -0.2) is 20.2 Å². The zero-order valence-electron chi connectivity index (χ0n) is 13.3. The molecule has 0 fully saturated rings. The third-order valence-corrected chi connectivity index (χ3v) is 3.47. The Labute approximate surface area is 136 Å². The SMILES string of the molecule is COC(=O)CC(N)c1ccc(OCc2ccccc2)c(OC)c1. The summed E-state index contributed by atoms with van der Waals surface area (Å²) in [7, 11) is 2.91. The Balaban J connectivity index is 2.08. The van der Waals surface area contributed by atoms with Gasteiger partial charge in [-0.25, -0.2) is 0 Å². The van der Waals surface area contributed by atoms with Crippen LogP contribution >= 0.6 is 0 Å². The molecule has 0 bridgehead atoms. The van der Waals surface area contributed by atoms with E-state index in [0.29, 0.717) is 18.1 Å². The van der Waals surface area contributed by atoms with E-state index in [1.54, 1.807) is 19.2 Å². The molecule has 1 atom stereocenters. The average Bonchev–Trinajstić information content (AvgIpc) is 2.60. The second-order valence-corrected chi connectivity index (χ2v) is 5.07. The topological polar surface area (TPSA) is 70.8 Å². The highest BCUT2D eigenvalue weighted by Crippen LogP contribution is 2.31. The van der Waals surface area contributed by atoms with Crippen molar-refractivity contribution in [2.24, 2.45) is 5.73 Å². The maximum Gasteiger partial charge on any atom is 0.307 e. The van der Waals surface area contributed by atoms with Crippen LogP contribution in [0.15, 0.2) is 48.5 Å². The average molecular weight is 315 g/mol. The summed E-state index contributed by atoms with van der Waals surface area (Å²) in [6.45, 7) is 0.449. The molecule has 0 saturated carbocycles. The molecule has 0 saturated heterocycles. The van der Waals surface area contributed by atoms with Crippen molar-refractivity contribution in [1.29, 1.82) is 0 Å². The number of carbonyl (C=O) groups is 1. The monoisotopic (exact) mass is 315 g/mol. The molecule has 5 nitrogen and oxygen atoms in total. The molecule has 2 aromatic rings. The smallest absolute Gasteiger partial charge is 0.307 e. The van der Waals surface area contributed by atoms with Crippen LogP contribution in [0, 0.1) is 0 Å². The van der Waals surface area contributed by atoms with Crippen molar-refractivity contribution >= 4 is 5.97 Å². The van der Waals surface area contributed by atoms with Crippen molar-refractivity contribution in [2.45, 2.75) is 19.1 Å². The fraction of sp³-hybridized carbons (Fsp3) is 0.278. The molecule has 0 aromatic heterocycles. The first-order valence-corrected chi connectivity index (χ1v) is 7.31. The predicted octanol–water partition coefficient (Wildman–Crippen LogP) is 2.84. The van der Waals surface area contributed by atoms with Gasteiger partial charge in [-0.1, -0.05) is 36.4 Å². The van der Waals surface area contributed by atoms with Gasteiger partial charge < -0.3 is 19.9 Å². The number of benzene rings is 2. The fourth-order valence-corrected chi connectivity index (χ4v) is 2.15. The number of methoxy groups -OCH3 is 2. The zero-order chi connectivity index (χ0) is 16.7. The maximum atomic E-state index is 11.3. The zero-order valence-corrected chi connectivity index (χ0v) is 13.3. The summed E-state index contributed by atoms with van der Waals surface area (Å²) in [6, 6.07) is 14.8. The van der Waals surface area contributed by atoms with E-state index in [4.69, 9.17) is 15.2 Å². The Hall–Kier alpha value is -2.53. The van der Waals surface area contributed by atoms with Gasteiger partial charge in [-0.15, -0.1) is 0 Å². The van der Waals surface area contributed by atoms with Gasteiger partial charge in [0.1, 0.15) is 6.61 Å². The lowest BCUT2D eigenvalue weighted by Gasteiger charge is -2.15. The molecule has 2 rings (SSSR count). The molecular weight excluding hydrogens is 294 g/mol. The van der Waals surface area contributed by atoms with Crippen LogP contribution in [0.2, 0.25) is 0 Å². The first kappa shape index (κ1) is 16.8. The van der Waals surface area contributed by atoms with Crippen LogP contribution in [0.3, 0.4) is 0 Å². The lowest BCUT2D eigenvalue weighted by atomic mass is 10.0. The summed E-state index contributed by atoms with van der Waals surface area (Å²) >= 11 is 0. The van der Waals surface area contributed by atoms with Crippen molar-refractivity contribution < 1.29 is 19.0 Å². The summed E-state index contributed by atoms with van der Waals surface area (Å²) in [4.78, 5) is 11.3. The number of carbonyl (C=O) groups excluding carboxylic acids is 1. The number of hydrogen-bond acceptors (Lipinski definition) is 5. The largest absolute Gasteiger partial charge is 0.493 e. The van der Waals surface area contributed by atoms with Crippen LogP contribution in [0.1, 0.15) is 23.6 Å². The second kappa shape index (κ2) is 8.19. The molecule has 0 aliphatic carbocycles. The molecule has 0 spiro atoms. The molecular formula is C18H21NO4. The summed E-state index contributed by atoms with van der Waals surface area (Å²) in [6.07, 6.45) is 0.115. The van der Waals surface area contributed by atoms with E-state index in [-0.39, 0.29) is 12.4 Å². The first-order chi connectivity index (χ1) is 11.1. The van der Waals surface area contributed by atoms with Gasteiger partial charge in [-0.05, 0) is 23.3 Å². The number of hydrogen-bond donors (Lipinski definition) is 1. The van der Waals surface area contributed by atoms with Gasteiger partial charge in [-0.3, -0.25) is 4.79 Å². The molecule has 5 heteroatoms. The van der Waals surface area contributed by atoms with E-state index in [9.17, 15) is 4.79 Å². The molecule has 0 aliphatic heterocycles. The third-order valence-electron chi connectivity index (χ3n) is 3.47. The number of nitrogens with two attached hydrogens (primary N) is 1. The van der Waals surface area contributed by atoms with Gasteiger partial charge in [0.25, 0.3) is 0 Å². The summed E-state index contributed by atoms with van der Waals surface area (Å²) in [5, 5.41) is 0. The lowest BCUT2D eigenvalue weighted by molar-refractivity contribution is -0.141. The quantitative estimate of drug-likeness (QED) is 0.796. The van der Waals surface area contributed by atoms with E-state index >= 15 is 0 Å². The van der Waals surface area contributed by atoms with E-state index in [0.717, 1.165) is 11.1 Å².